The molecule has 136 valence electrons. The van der Waals surface area contributed by atoms with Gasteiger partial charge in [-0.25, -0.2) is 0 Å². The molecular formula is C21H30N2O2. The molecule has 0 aromatic carbocycles. The van der Waals surface area contributed by atoms with Gasteiger partial charge in [-0.3, -0.25) is 9.79 Å². The number of aliphatic hydroxyl groups is 1. The van der Waals surface area contributed by atoms with Crippen LogP contribution in [0.1, 0.15) is 58.8 Å². The van der Waals surface area contributed by atoms with Crippen molar-refractivity contribution in [3.05, 3.63) is 11.3 Å². The first kappa shape index (κ1) is 16.0. The van der Waals surface area contributed by atoms with Gasteiger partial charge in [-0.05, 0) is 61.7 Å². The van der Waals surface area contributed by atoms with Crippen molar-refractivity contribution in [1.29, 1.82) is 0 Å². The second kappa shape index (κ2) is 5.18. The molecule has 2 N–H and O–H groups in total. The molecule has 25 heavy (non-hydrogen) atoms. The molecule has 4 aliphatic carbocycles. The van der Waals surface area contributed by atoms with Crippen LogP contribution in [0.25, 0.3) is 0 Å². The summed E-state index contributed by atoms with van der Waals surface area (Å²) >= 11 is 0. The van der Waals surface area contributed by atoms with E-state index in [2.05, 4.69) is 19.2 Å². The van der Waals surface area contributed by atoms with E-state index < -0.39 is 0 Å². The molecule has 4 nitrogen and oxygen atoms in total. The fraction of sp³-hybridized carbons (Fsp3) is 0.810. The highest BCUT2D eigenvalue weighted by Crippen LogP contribution is 2.65. The van der Waals surface area contributed by atoms with Gasteiger partial charge in [-0.1, -0.05) is 13.8 Å². The van der Waals surface area contributed by atoms with E-state index in [9.17, 15) is 9.90 Å². The normalized spacial score (nSPS) is 48.8. The van der Waals surface area contributed by atoms with Gasteiger partial charge in [0.05, 0.1) is 24.1 Å². The Morgan fingerprint density at radius 3 is 2.84 bits per heavy atom. The van der Waals surface area contributed by atoms with E-state index in [0.717, 1.165) is 68.6 Å². The first-order chi connectivity index (χ1) is 11.9. The van der Waals surface area contributed by atoms with Crippen molar-refractivity contribution in [1.82, 2.24) is 5.32 Å². The summed E-state index contributed by atoms with van der Waals surface area (Å²) in [6, 6.07) is 0. The van der Waals surface area contributed by atoms with Gasteiger partial charge in [0, 0.05) is 24.0 Å². The molecule has 0 unspecified atom stereocenters. The van der Waals surface area contributed by atoms with E-state index in [1.165, 1.54) is 0 Å². The molecule has 1 aliphatic heterocycles. The maximum atomic E-state index is 13.3. The van der Waals surface area contributed by atoms with Gasteiger partial charge in [0.1, 0.15) is 0 Å². The molecule has 5 rings (SSSR count). The van der Waals surface area contributed by atoms with Crippen LogP contribution in [0.4, 0.5) is 0 Å². The van der Waals surface area contributed by atoms with Crippen LogP contribution >= 0.6 is 0 Å². The fourth-order valence-corrected chi connectivity index (χ4v) is 7.26. The number of carbonyl (C=O) groups excluding carboxylic acids is 1. The number of aliphatic imine (C=N–C) groups is 1. The summed E-state index contributed by atoms with van der Waals surface area (Å²) in [7, 11) is 0. The van der Waals surface area contributed by atoms with Gasteiger partial charge in [0.2, 0.25) is 0 Å². The van der Waals surface area contributed by atoms with Crippen molar-refractivity contribution in [2.24, 2.45) is 33.6 Å². The van der Waals surface area contributed by atoms with E-state index in [0.29, 0.717) is 30.0 Å². The van der Waals surface area contributed by atoms with Gasteiger partial charge >= 0.3 is 0 Å². The topological polar surface area (TPSA) is 61.7 Å². The van der Waals surface area contributed by atoms with E-state index in [1.54, 1.807) is 0 Å². The SMILES string of the molecule is C[C@]12CC[C@H]3[C@@H](CC(=O)C4=C5NCCN=C5CC[C@@]43C)[C@@H]1CC[C@@H]2O. The Morgan fingerprint density at radius 2 is 2.00 bits per heavy atom. The van der Waals surface area contributed by atoms with Crippen molar-refractivity contribution in [2.45, 2.75) is 64.9 Å². The van der Waals surface area contributed by atoms with Gasteiger partial charge in [-0.2, -0.15) is 0 Å². The minimum absolute atomic E-state index is 0.00638. The Morgan fingerprint density at radius 1 is 1.16 bits per heavy atom. The highest BCUT2D eigenvalue weighted by molar-refractivity contribution is 6.11. The number of allylic oxidation sites excluding steroid dienone is 2. The van der Waals surface area contributed by atoms with Crippen LogP contribution in [0.15, 0.2) is 16.3 Å². The van der Waals surface area contributed by atoms with Crippen LogP contribution in [0, 0.1) is 28.6 Å². The third-order valence-corrected chi connectivity index (χ3v) is 8.61. The second-order valence-electron chi connectivity index (χ2n) is 9.56. The number of carbonyl (C=O) groups is 1. The van der Waals surface area contributed by atoms with Gasteiger partial charge in [0.15, 0.2) is 5.78 Å². The van der Waals surface area contributed by atoms with Crippen molar-refractivity contribution < 1.29 is 9.90 Å². The Bertz CT molecular complexity index is 696. The molecule has 0 spiro atoms. The van der Waals surface area contributed by atoms with Crippen LogP contribution < -0.4 is 5.32 Å². The highest BCUT2D eigenvalue weighted by atomic mass is 16.3. The predicted octanol–water partition coefficient (Wildman–Crippen LogP) is 2.86. The molecule has 0 bridgehead atoms. The standard InChI is InChI=1S/C21H30N2O2/c1-20-7-5-14-12(13(20)3-4-17(20)25)11-16(24)18-19-15(22-9-10-23-19)6-8-21(14,18)2/h12-14,17,23,25H,3-11H2,1-2H3/t12-,13-,14-,17-,20-,21+/m0/s1. The Labute approximate surface area is 150 Å². The predicted molar refractivity (Wildman–Crippen MR) is 97.3 cm³/mol. The average molecular weight is 342 g/mol. The van der Waals surface area contributed by atoms with E-state index in [-0.39, 0.29) is 16.9 Å². The fourth-order valence-electron chi connectivity index (χ4n) is 7.26. The number of nitrogens with one attached hydrogen (secondary N) is 1. The maximum absolute atomic E-state index is 13.3. The summed E-state index contributed by atoms with van der Waals surface area (Å²) in [5, 5.41) is 14.1. The quantitative estimate of drug-likeness (QED) is 0.711. The second-order valence-corrected chi connectivity index (χ2v) is 9.56. The smallest absolute Gasteiger partial charge is 0.161 e. The zero-order chi connectivity index (χ0) is 17.4. The number of hydrogen-bond donors (Lipinski definition) is 2. The summed E-state index contributed by atoms with van der Waals surface area (Å²) < 4.78 is 0. The molecule has 4 heteroatoms. The third-order valence-electron chi connectivity index (χ3n) is 8.61. The maximum Gasteiger partial charge on any atom is 0.161 e. The average Bonchev–Trinajstić information content (AvgIpc) is 2.90. The summed E-state index contributed by atoms with van der Waals surface area (Å²) in [5.41, 5.74) is 3.33. The molecule has 3 saturated carbocycles. The number of Topliss-reactive ketones (excluding diaryl/α,β-unsaturated/α-hetero) is 1. The lowest BCUT2D eigenvalue weighted by Gasteiger charge is -2.57. The van der Waals surface area contributed by atoms with E-state index in [4.69, 9.17) is 4.99 Å². The lowest BCUT2D eigenvalue weighted by atomic mass is 9.47. The first-order valence-corrected chi connectivity index (χ1v) is 10.2. The summed E-state index contributed by atoms with van der Waals surface area (Å²) in [6.45, 7) is 6.32. The molecule has 0 radical (unpaired) electrons. The third kappa shape index (κ3) is 1.98. The molecule has 3 fully saturated rings. The summed E-state index contributed by atoms with van der Waals surface area (Å²) in [5.74, 6) is 1.91. The molecule has 5 aliphatic rings. The molecular weight excluding hydrogens is 312 g/mol. The molecule has 6 atom stereocenters. The van der Waals surface area contributed by atoms with Crippen molar-refractivity contribution in [2.75, 3.05) is 13.1 Å². The number of hydrogen-bond acceptors (Lipinski definition) is 4. The molecule has 0 aromatic rings. The largest absolute Gasteiger partial charge is 0.393 e. The summed E-state index contributed by atoms with van der Waals surface area (Å²) in [4.78, 5) is 18.0. The molecule has 0 saturated heterocycles. The number of nitrogens with zero attached hydrogens (tertiary/aromatic N) is 1. The Balaban J connectivity index is 1.59. The van der Waals surface area contributed by atoms with Gasteiger partial charge in [-0.15, -0.1) is 0 Å². The van der Waals surface area contributed by atoms with Crippen LogP contribution in [0.5, 0.6) is 0 Å². The minimum atomic E-state index is -0.175. The summed E-state index contributed by atoms with van der Waals surface area (Å²) in [6.07, 6.45) is 6.85. The zero-order valence-corrected chi connectivity index (χ0v) is 15.5. The molecule has 0 aromatic heterocycles. The lowest BCUT2D eigenvalue weighted by Crippen LogP contribution is -2.55. The number of rotatable bonds is 0. The number of aliphatic hydroxyl groups excluding tert-OH is 1. The van der Waals surface area contributed by atoms with E-state index >= 15 is 0 Å². The van der Waals surface area contributed by atoms with Crippen molar-refractivity contribution in [3.8, 4) is 0 Å². The zero-order valence-electron chi connectivity index (χ0n) is 15.5. The monoisotopic (exact) mass is 342 g/mol. The van der Waals surface area contributed by atoms with Crippen LogP contribution in [-0.4, -0.2) is 35.8 Å². The van der Waals surface area contributed by atoms with Crippen LogP contribution in [-0.2, 0) is 4.79 Å². The Hall–Kier alpha value is -1.16. The number of fused-ring (bicyclic) bond motifs is 6. The van der Waals surface area contributed by atoms with Crippen molar-refractivity contribution in [3.63, 3.8) is 0 Å². The van der Waals surface area contributed by atoms with Crippen LogP contribution in [0.3, 0.4) is 0 Å². The highest BCUT2D eigenvalue weighted by Gasteiger charge is 2.61. The first-order valence-electron chi connectivity index (χ1n) is 10.2. The van der Waals surface area contributed by atoms with Gasteiger partial charge in [0.25, 0.3) is 0 Å². The molecule has 1 heterocycles. The van der Waals surface area contributed by atoms with Crippen LogP contribution in [0.2, 0.25) is 0 Å². The van der Waals surface area contributed by atoms with Gasteiger partial charge < -0.3 is 10.4 Å². The van der Waals surface area contributed by atoms with Crippen molar-refractivity contribution >= 4 is 11.5 Å². The minimum Gasteiger partial charge on any atom is -0.393 e. The van der Waals surface area contributed by atoms with E-state index in [1.807, 2.05) is 0 Å². The Kier molecular flexibility index (Phi) is 3.33. The lowest BCUT2D eigenvalue weighted by molar-refractivity contribution is -0.130. The number of ketones is 1. The molecule has 0 amide bonds.